The lowest BCUT2D eigenvalue weighted by Crippen LogP contribution is -2.49. The molecule has 0 aromatic heterocycles. The summed E-state index contributed by atoms with van der Waals surface area (Å²) in [6, 6.07) is 0. The van der Waals surface area contributed by atoms with Gasteiger partial charge in [0.1, 0.15) is 0 Å². The van der Waals surface area contributed by atoms with Crippen LogP contribution >= 0.6 is 0 Å². The van der Waals surface area contributed by atoms with E-state index in [2.05, 4.69) is 303 Å². The van der Waals surface area contributed by atoms with Crippen molar-refractivity contribution < 1.29 is 0 Å². The number of fused-ring (bicyclic) bond motifs is 2. The number of hydrogen-bond acceptors (Lipinski definition) is 0. The van der Waals surface area contributed by atoms with E-state index in [0.29, 0.717) is 75.8 Å². The molecule has 2 bridgehead atoms. The largest absolute Gasteiger partial charge is 0.0999 e. The van der Waals surface area contributed by atoms with Gasteiger partial charge in [0, 0.05) is 0 Å². The van der Waals surface area contributed by atoms with E-state index in [1.165, 1.54) is 153 Å². The molecule has 0 N–H and O–H groups in total. The first kappa shape index (κ1) is 92.6. The average Bonchev–Trinajstić information content (AvgIpc) is 1.74. The van der Waals surface area contributed by atoms with E-state index in [1.807, 2.05) is 0 Å². The Balaban J connectivity index is 0.000000397. The van der Waals surface area contributed by atoms with Crippen molar-refractivity contribution in [3.63, 3.8) is 0 Å². The summed E-state index contributed by atoms with van der Waals surface area (Å²) >= 11 is 0. The normalized spacial score (nSPS) is 33.6. The fourth-order valence-corrected chi connectivity index (χ4v) is 22.9. The maximum Gasteiger partial charge on any atom is -0.0205 e. The summed E-state index contributed by atoms with van der Waals surface area (Å²) in [5, 5.41) is 0. The molecule has 0 aromatic carbocycles. The van der Waals surface area contributed by atoms with E-state index in [-0.39, 0.29) is 0 Å². The Kier molecular flexibility index (Phi) is 33.2. The van der Waals surface area contributed by atoms with Gasteiger partial charge in [-0.05, 0) is 281 Å². The first-order valence-electron chi connectivity index (χ1n) is 42.5. The summed E-state index contributed by atoms with van der Waals surface area (Å²) in [6.07, 6.45) is 37.4. The zero-order valence-corrected chi connectivity index (χ0v) is 75.3. The van der Waals surface area contributed by atoms with Gasteiger partial charge >= 0.3 is 0 Å². The van der Waals surface area contributed by atoms with Crippen LogP contribution in [-0.2, 0) is 0 Å². The van der Waals surface area contributed by atoms with Crippen LogP contribution in [0.3, 0.4) is 0 Å². The third-order valence-corrected chi connectivity index (χ3v) is 29.4. The van der Waals surface area contributed by atoms with Gasteiger partial charge in [0.2, 0.25) is 0 Å². The molecule has 0 radical (unpaired) electrons. The molecule has 16 unspecified atom stereocenters. The van der Waals surface area contributed by atoms with Crippen LogP contribution in [0, 0.1) is 165 Å². The van der Waals surface area contributed by atoms with Crippen LogP contribution in [0.2, 0.25) is 0 Å². The fourth-order valence-electron chi connectivity index (χ4n) is 22.9. The minimum absolute atomic E-state index is 0.380. The predicted molar refractivity (Wildman–Crippen MR) is 444 cm³/mol. The Morgan fingerprint density at radius 2 is 0.588 bits per heavy atom. The van der Waals surface area contributed by atoms with Gasteiger partial charge in [0.05, 0.1) is 0 Å². The zero-order valence-electron chi connectivity index (χ0n) is 75.3. The quantitative estimate of drug-likeness (QED) is 0.242. The lowest BCUT2D eigenvalue weighted by molar-refractivity contribution is -0.0787. The molecule has 576 valence electrons. The van der Waals surface area contributed by atoms with Gasteiger partial charge in [0.25, 0.3) is 0 Å². The molecule has 7 aliphatic rings. The molecule has 0 nitrogen and oxygen atoms in total. The SMILES string of the molecule is C=C(C)C1CCC(C)(C(C)(C)C)C(C(C)(C)C)C1.CC(C)(C)C1C2CCC(C2)C1C(C)(C)C.CC(C)(C)C1CC/C=C\CCC1C(C)(C)C.CC(C)(C)C1CCCCC1C(C)(C)C.CC(C)(C)C1CCCCCCC1C(C)(C)C.CC(C)C1CCC(C)(C(C)(C)C)C(C(C)(C)C)C1. The van der Waals surface area contributed by atoms with Gasteiger partial charge in [-0.2, -0.15) is 0 Å². The maximum atomic E-state index is 4.21. The number of rotatable bonds is 2. The highest BCUT2D eigenvalue weighted by Crippen LogP contribution is 2.64. The lowest BCUT2D eigenvalue weighted by atomic mass is 9.48. The van der Waals surface area contributed by atoms with Crippen LogP contribution in [0.4, 0.5) is 0 Å². The summed E-state index contributed by atoms with van der Waals surface area (Å²) < 4.78 is 0. The van der Waals surface area contributed by atoms with E-state index >= 15 is 0 Å². The third-order valence-electron chi connectivity index (χ3n) is 29.4. The molecule has 6 fully saturated rings. The second-order valence-electron chi connectivity index (χ2n) is 49.1. The van der Waals surface area contributed by atoms with Gasteiger partial charge in [-0.1, -0.05) is 340 Å². The molecule has 6 saturated carbocycles. The van der Waals surface area contributed by atoms with Gasteiger partial charge in [0.15, 0.2) is 0 Å². The summed E-state index contributed by atoms with van der Waals surface area (Å²) in [6.45, 7) is 104. The van der Waals surface area contributed by atoms with Crippen LogP contribution in [0.25, 0.3) is 0 Å². The summed E-state index contributed by atoms with van der Waals surface area (Å²) in [7, 11) is 0. The Bertz CT molecular complexity index is 2170. The maximum absolute atomic E-state index is 4.21. The molecule has 0 heterocycles. The second-order valence-corrected chi connectivity index (χ2v) is 49.1. The molecule has 0 saturated heterocycles. The molecule has 97 heavy (non-hydrogen) atoms. The molecular formula is C97H188. The molecule has 7 rings (SSSR count). The van der Waals surface area contributed by atoms with Crippen molar-refractivity contribution in [3.8, 4) is 0 Å². The van der Waals surface area contributed by atoms with E-state index in [1.54, 1.807) is 0 Å². The standard InChI is InChI=1S/C18H36.C18H34.C16H32.C16H30.C15H28.C14H28/c2*1-13(2)14-10-11-18(9,17(6,7)8)15(12-14)16(3,4)5;2*1-15(2,3)13-11-9-7-8-10-12-14(13)16(4,5)6;1-14(2,3)12-10-7-8-11(9-10)13(12)15(4,5)6;1-13(2,3)11-9-7-8-10-12(11)14(4,5)6/h13-15H,10-12H2,1-9H3;14-15H,1,10-12H2,2-9H3;13-14H,7-12H2,1-6H3;7-8,13-14H,9-12H2,1-6H3;10-13H,7-9H2,1-6H3;11-12H,7-10H2,1-6H3/b;;;8-7-;;. The van der Waals surface area contributed by atoms with Crippen molar-refractivity contribution in [3.05, 3.63) is 24.3 Å². The van der Waals surface area contributed by atoms with Crippen molar-refractivity contribution in [2.24, 2.45) is 165 Å². The Morgan fingerprint density at radius 3 is 0.835 bits per heavy atom. The van der Waals surface area contributed by atoms with Gasteiger partial charge in [-0.3, -0.25) is 0 Å². The first-order valence-corrected chi connectivity index (χ1v) is 42.5. The average molecular weight is 1350 g/mol. The highest BCUT2D eigenvalue weighted by atomic mass is 14.6. The van der Waals surface area contributed by atoms with Crippen molar-refractivity contribution in [2.45, 2.75) is 432 Å². The van der Waals surface area contributed by atoms with Crippen LogP contribution in [-0.4, -0.2) is 0 Å². The Hall–Kier alpha value is -0.520. The monoisotopic (exact) mass is 1350 g/mol. The molecule has 7 aliphatic carbocycles. The Morgan fingerprint density at radius 1 is 0.320 bits per heavy atom. The minimum atomic E-state index is 0.380. The van der Waals surface area contributed by atoms with Crippen LogP contribution in [0.5, 0.6) is 0 Å². The number of hydrogen-bond donors (Lipinski definition) is 0. The minimum Gasteiger partial charge on any atom is -0.0999 e. The highest BCUT2D eigenvalue weighted by Gasteiger charge is 2.56. The van der Waals surface area contributed by atoms with Crippen LogP contribution in [0.1, 0.15) is 432 Å². The van der Waals surface area contributed by atoms with E-state index in [9.17, 15) is 0 Å². The van der Waals surface area contributed by atoms with Crippen molar-refractivity contribution >= 4 is 0 Å². The first-order chi connectivity index (χ1) is 43.2. The molecule has 0 heteroatoms. The van der Waals surface area contributed by atoms with Gasteiger partial charge in [-0.15, -0.1) is 0 Å². The van der Waals surface area contributed by atoms with Crippen molar-refractivity contribution in [2.75, 3.05) is 0 Å². The summed E-state index contributed by atoms with van der Waals surface area (Å²) in [5.41, 5.74) is 7.79. The second kappa shape index (κ2) is 34.8. The Labute approximate surface area is 616 Å². The fraction of sp³-hybridized carbons (Fsp3) is 0.959. The van der Waals surface area contributed by atoms with Gasteiger partial charge < -0.3 is 0 Å². The molecular weight excluding hydrogens is 1170 g/mol. The smallest absolute Gasteiger partial charge is 0.0205 e. The predicted octanol–water partition coefficient (Wildman–Crippen LogP) is 33.0. The van der Waals surface area contributed by atoms with E-state index in [4.69, 9.17) is 0 Å². The topological polar surface area (TPSA) is 0 Å². The molecule has 0 amide bonds. The van der Waals surface area contributed by atoms with Crippen molar-refractivity contribution in [1.82, 2.24) is 0 Å². The highest BCUT2D eigenvalue weighted by molar-refractivity contribution is 5.08. The summed E-state index contributed by atoms with van der Waals surface area (Å²) in [5.74, 6) is 13.6. The molecule has 16 atom stereocenters. The summed E-state index contributed by atoms with van der Waals surface area (Å²) in [4.78, 5) is 0. The van der Waals surface area contributed by atoms with Gasteiger partial charge in [-0.25, -0.2) is 0 Å². The van der Waals surface area contributed by atoms with E-state index in [0.717, 1.165) is 88.8 Å². The van der Waals surface area contributed by atoms with Crippen LogP contribution < -0.4 is 0 Å². The lowest BCUT2D eigenvalue weighted by Gasteiger charge is -2.57. The van der Waals surface area contributed by atoms with Crippen molar-refractivity contribution in [1.29, 1.82) is 0 Å². The molecule has 0 spiro atoms. The third kappa shape index (κ3) is 27.1. The number of allylic oxidation sites excluding steroid dienone is 3. The molecule has 0 aliphatic heterocycles. The van der Waals surface area contributed by atoms with E-state index < -0.39 is 0 Å². The molecule has 0 aromatic rings. The zero-order chi connectivity index (χ0) is 75.9. The van der Waals surface area contributed by atoms with Crippen LogP contribution in [0.15, 0.2) is 24.3 Å².